The van der Waals surface area contributed by atoms with E-state index in [0.717, 1.165) is 4.90 Å². The number of amides is 4. The molecular weight excluding hydrogens is 433 g/mol. The molecule has 2 atom stereocenters. The Kier molecular flexibility index (Phi) is 5.84. The Balaban J connectivity index is 1.56. The SMILES string of the molecule is CC(=O)c1ccc(NC(=O)CN2C(=O)N(c3ccc(F)c(C)c3)C(=O)C3SC=CC32)cc1. The number of carbonyl (C=O) groups excluding carboxylic acids is 4. The van der Waals surface area contributed by atoms with E-state index in [1.807, 2.05) is 0 Å². The highest BCUT2D eigenvalue weighted by Gasteiger charge is 2.48. The lowest BCUT2D eigenvalue weighted by Crippen LogP contribution is -2.63. The summed E-state index contributed by atoms with van der Waals surface area (Å²) in [6.45, 7) is 2.73. The molecule has 2 unspecified atom stereocenters. The molecule has 0 radical (unpaired) electrons. The number of aryl methyl sites for hydroxylation is 1. The van der Waals surface area contributed by atoms with Crippen LogP contribution in [0.5, 0.6) is 0 Å². The standard InChI is InChI=1S/C23H20FN3O4S/c1-13-11-17(7-8-18(13)24)27-22(30)21-19(9-10-32-21)26(23(27)31)12-20(29)25-16-5-3-15(4-6-16)14(2)28/h3-11,19,21H,12H2,1-2H3,(H,25,29). The van der Waals surface area contributed by atoms with Gasteiger partial charge in [-0.25, -0.2) is 14.1 Å². The first kappa shape index (κ1) is 21.8. The van der Waals surface area contributed by atoms with E-state index in [2.05, 4.69) is 5.32 Å². The molecule has 2 heterocycles. The summed E-state index contributed by atoms with van der Waals surface area (Å²) in [7, 11) is 0. The second kappa shape index (κ2) is 8.58. The van der Waals surface area contributed by atoms with E-state index >= 15 is 0 Å². The van der Waals surface area contributed by atoms with Crippen LogP contribution in [-0.2, 0) is 9.59 Å². The van der Waals surface area contributed by atoms with E-state index in [4.69, 9.17) is 0 Å². The largest absolute Gasteiger partial charge is 0.332 e. The van der Waals surface area contributed by atoms with Crippen LogP contribution in [0.15, 0.2) is 53.9 Å². The van der Waals surface area contributed by atoms with Crippen LogP contribution < -0.4 is 10.2 Å². The van der Waals surface area contributed by atoms with Gasteiger partial charge in [0.1, 0.15) is 17.6 Å². The number of nitrogens with one attached hydrogen (secondary N) is 1. The van der Waals surface area contributed by atoms with E-state index in [-0.39, 0.29) is 18.0 Å². The number of urea groups is 1. The Labute approximate surface area is 188 Å². The van der Waals surface area contributed by atoms with Crippen LogP contribution in [0.3, 0.4) is 0 Å². The Morgan fingerprint density at radius 1 is 1.12 bits per heavy atom. The van der Waals surface area contributed by atoms with Crippen molar-refractivity contribution in [2.45, 2.75) is 25.1 Å². The molecule has 32 heavy (non-hydrogen) atoms. The molecule has 164 valence electrons. The molecule has 2 aromatic rings. The predicted octanol–water partition coefficient (Wildman–Crippen LogP) is 3.74. The molecule has 1 saturated heterocycles. The van der Waals surface area contributed by atoms with Crippen molar-refractivity contribution >= 4 is 46.8 Å². The van der Waals surface area contributed by atoms with Gasteiger partial charge in [0, 0.05) is 11.3 Å². The molecule has 4 rings (SSSR count). The van der Waals surface area contributed by atoms with Crippen molar-refractivity contribution in [2.75, 3.05) is 16.8 Å². The molecule has 2 aromatic carbocycles. The fourth-order valence-electron chi connectivity index (χ4n) is 3.66. The normalized spacial score (nSPS) is 19.8. The first-order valence-corrected chi connectivity index (χ1v) is 10.8. The molecule has 2 aliphatic rings. The van der Waals surface area contributed by atoms with Gasteiger partial charge in [0.2, 0.25) is 5.91 Å². The molecule has 1 fully saturated rings. The molecule has 2 aliphatic heterocycles. The molecular formula is C23H20FN3O4S. The minimum Gasteiger partial charge on any atom is -0.325 e. The van der Waals surface area contributed by atoms with Gasteiger partial charge in [-0.2, -0.15) is 0 Å². The van der Waals surface area contributed by atoms with Gasteiger partial charge < -0.3 is 10.2 Å². The van der Waals surface area contributed by atoms with Gasteiger partial charge in [-0.3, -0.25) is 14.4 Å². The minimum atomic E-state index is -0.642. The smallest absolute Gasteiger partial charge is 0.325 e. The summed E-state index contributed by atoms with van der Waals surface area (Å²) in [4.78, 5) is 52.7. The predicted molar refractivity (Wildman–Crippen MR) is 120 cm³/mol. The molecule has 9 heteroatoms. The summed E-state index contributed by atoms with van der Waals surface area (Å²) in [6.07, 6.45) is 1.73. The fourth-order valence-corrected chi connectivity index (χ4v) is 4.70. The number of imide groups is 1. The van der Waals surface area contributed by atoms with Gasteiger partial charge in [0.15, 0.2) is 5.78 Å². The molecule has 7 nitrogen and oxygen atoms in total. The maximum absolute atomic E-state index is 13.7. The fraction of sp³-hybridized carbons (Fsp3) is 0.217. The Bertz CT molecular complexity index is 1150. The number of halogens is 1. The van der Waals surface area contributed by atoms with E-state index in [0.29, 0.717) is 16.8 Å². The van der Waals surface area contributed by atoms with Crippen LogP contribution in [0.1, 0.15) is 22.8 Å². The Hall–Kier alpha value is -3.46. The molecule has 0 spiro atoms. The molecule has 0 aliphatic carbocycles. The van der Waals surface area contributed by atoms with Crippen LogP contribution in [-0.4, -0.2) is 46.4 Å². The van der Waals surface area contributed by atoms with Gasteiger partial charge in [-0.15, -0.1) is 11.8 Å². The first-order chi connectivity index (χ1) is 15.3. The second-order valence-corrected chi connectivity index (χ2v) is 8.63. The van der Waals surface area contributed by atoms with E-state index < -0.39 is 35.0 Å². The van der Waals surface area contributed by atoms with Crippen LogP contribution in [0.25, 0.3) is 0 Å². The zero-order valence-electron chi connectivity index (χ0n) is 17.4. The summed E-state index contributed by atoms with van der Waals surface area (Å²) in [6, 6.07) is 9.25. The summed E-state index contributed by atoms with van der Waals surface area (Å²) in [5.41, 5.74) is 1.57. The van der Waals surface area contributed by atoms with Crippen molar-refractivity contribution in [3.8, 4) is 0 Å². The number of carbonyl (C=O) groups is 4. The third-order valence-electron chi connectivity index (χ3n) is 5.36. The highest BCUT2D eigenvalue weighted by Crippen LogP contribution is 2.36. The lowest BCUT2D eigenvalue weighted by atomic mass is 10.1. The molecule has 4 amide bonds. The van der Waals surface area contributed by atoms with Gasteiger partial charge in [0.05, 0.1) is 11.7 Å². The highest BCUT2D eigenvalue weighted by atomic mass is 32.2. The van der Waals surface area contributed by atoms with Gasteiger partial charge >= 0.3 is 6.03 Å². The number of benzene rings is 2. The average Bonchev–Trinajstić information content (AvgIpc) is 3.24. The third-order valence-corrected chi connectivity index (χ3v) is 6.45. The number of anilines is 2. The molecule has 0 aromatic heterocycles. The van der Waals surface area contributed by atoms with Crippen LogP contribution >= 0.6 is 11.8 Å². The van der Waals surface area contributed by atoms with Crippen molar-refractivity contribution in [2.24, 2.45) is 0 Å². The summed E-state index contributed by atoms with van der Waals surface area (Å²) >= 11 is 1.28. The zero-order valence-corrected chi connectivity index (χ0v) is 18.2. The number of thioether (sulfide) groups is 1. The lowest BCUT2D eigenvalue weighted by molar-refractivity contribution is -0.121. The van der Waals surface area contributed by atoms with Crippen molar-refractivity contribution in [1.82, 2.24) is 4.90 Å². The maximum Gasteiger partial charge on any atom is 0.332 e. The number of nitrogens with zero attached hydrogens (tertiary/aromatic N) is 2. The maximum atomic E-state index is 13.7. The van der Waals surface area contributed by atoms with Crippen molar-refractivity contribution in [3.05, 3.63) is 70.9 Å². The van der Waals surface area contributed by atoms with Gasteiger partial charge in [-0.05, 0) is 67.3 Å². The van der Waals surface area contributed by atoms with Crippen molar-refractivity contribution < 1.29 is 23.6 Å². The third kappa shape index (κ3) is 4.03. The second-order valence-electron chi connectivity index (χ2n) is 7.58. The lowest BCUT2D eigenvalue weighted by Gasteiger charge is -2.40. The van der Waals surface area contributed by atoms with E-state index in [9.17, 15) is 23.6 Å². The van der Waals surface area contributed by atoms with Crippen LogP contribution in [0.2, 0.25) is 0 Å². The van der Waals surface area contributed by atoms with Gasteiger partial charge in [0.25, 0.3) is 5.91 Å². The summed E-state index contributed by atoms with van der Waals surface area (Å²) in [5, 5.41) is 3.87. The highest BCUT2D eigenvalue weighted by molar-refractivity contribution is 8.03. The minimum absolute atomic E-state index is 0.0841. The topological polar surface area (TPSA) is 86.8 Å². The van der Waals surface area contributed by atoms with Crippen LogP contribution in [0, 0.1) is 12.7 Å². The molecule has 0 bridgehead atoms. The number of hydrogen-bond donors (Lipinski definition) is 1. The van der Waals surface area contributed by atoms with Crippen LogP contribution in [0.4, 0.5) is 20.6 Å². The molecule has 1 N–H and O–H groups in total. The van der Waals surface area contributed by atoms with Crippen molar-refractivity contribution in [1.29, 1.82) is 0 Å². The number of hydrogen-bond acceptors (Lipinski definition) is 5. The Morgan fingerprint density at radius 3 is 2.50 bits per heavy atom. The number of ketones is 1. The average molecular weight is 453 g/mol. The molecule has 0 saturated carbocycles. The monoisotopic (exact) mass is 453 g/mol. The first-order valence-electron chi connectivity index (χ1n) is 9.90. The quantitative estimate of drug-likeness (QED) is 0.697. The summed E-state index contributed by atoms with van der Waals surface area (Å²) < 4.78 is 13.7. The number of fused-ring (bicyclic) bond motifs is 1. The van der Waals surface area contributed by atoms with Gasteiger partial charge in [-0.1, -0.05) is 6.08 Å². The van der Waals surface area contributed by atoms with Crippen molar-refractivity contribution in [3.63, 3.8) is 0 Å². The number of rotatable bonds is 5. The van der Waals surface area contributed by atoms with E-state index in [1.165, 1.54) is 41.8 Å². The van der Waals surface area contributed by atoms with E-state index in [1.54, 1.807) is 42.7 Å². The number of Topliss-reactive ketones (excluding diaryl/α,β-unsaturated/α-hetero) is 1. The Morgan fingerprint density at radius 2 is 1.84 bits per heavy atom. The summed E-state index contributed by atoms with van der Waals surface area (Å²) in [5.74, 6) is -1.37. The zero-order chi connectivity index (χ0) is 23.0.